The van der Waals surface area contributed by atoms with Gasteiger partial charge in [-0.05, 0) is 35.9 Å². The Labute approximate surface area is 189 Å². The van der Waals surface area contributed by atoms with Crippen molar-refractivity contribution in [2.45, 2.75) is 19.6 Å². The molecule has 7 nitrogen and oxygen atoms in total. The number of nitrogens with zero attached hydrogens (tertiary/aromatic N) is 2. The van der Waals surface area contributed by atoms with Crippen LogP contribution in [0.1, 0.15) is 22.8 Å². The maximum atomic E-state index is 12.5. The largest absolute Gasteiger partial charge is 0.373 e. The number of benzene rings is 2. The lowest BCUT2D eigenvalue weighted by Crippen LogP contribution is -2.49. The van der Waals surface area contributed by atoms with Gasteiger partial charge in [0.25, 0.3) is 5.91 Å². The molecule has 0 aliphatic carbocycles. The van der Waals surface area contributed by atoms with E-state index in [0.717, 1.165) is 11.3 Å². The van der Waals surface area contributed by atoms with Crippen LogP contribution in [-0.2, 0) is 27.1 Å². The first kappa shape index (κ1) is 23.2. The normalized spacial score (nSPS) is 17.1. The molecule has 2 atom stereocenters. The number of rotatable bonds is 7. The number of ether oxygens (including phenoxy) is 1. The minimum atomic E-state index is -1.27. The Morgan fingerprint density at radius 2 is 1.94 bits per heavy atom. The van der Waals surface area contributed by atoms with Gasteiger partial charge < -0.3 is 15.0 Å². The third-order valence-corrected chi connectivity index (χ3v) is 6.40. The average molecular weight is 464 g/mol. The fourth-order valence-corrected chi connectivity index (χ4v) is 4.26. The maximum Gasteiger partial charge on any atom is 0.251 e. The van der Waals surface area contributed by atoms with Crippen LogP contribution in [0.5, 0.6) is 0 Å². The molecule has 0 aromatic heterocycles. The summed E-state index contributed by atoms with van der Waals surface area (Å²) in [6, 6.07) is 14.3. The third kappa shape index (κ3) is 6.29. The SMILES string of the molecule is CC(=O)N1CCOC(CNC(=O)c2ccc(N(Cc3ccccc3Cl)S(C)=O)cc2)C1. The van der Waals surface area contributed by atoms with Gasteiger partial charge in [0.2, 0.25) is 5.91 Å². The number of morpholine rings is 1. The number of amides is 2. The van der Waals surface area contributed by atoms with E-state index in [2.05, 4.69) is 5.32 Å². The Morgan fingerprint density at radius 3 is 2.58 bits per heavy atom. The Hall–Kier alpha value is -2.42. The standard InChI is InChI=1S/C22H26ClN3O4S/c1-16(27)25-11-12-30-20(15-25)13-24-22(28)17-7-9-19(10-8-17)26(31(2)29)14-18-5-3-4-6-21(18)23/h3-10,20H,11-15H2,1-2H3,(H,24,28). The molecule has 2 unspecified atom stereocenters. The summed E-state index contributed by atoms with van der Waals surface area (Å²) in [6.07, 6.45) is 1.38. The second-order valence-electron chi connectivity index (χ2n) is 7.27. The van der Waals surface area contributed by atoms with Gasteiger partial charge >= 0.3 is 0 Å². The molecule has 31 heavy (non-hydrogen) atoms. The molecule has 1 heterocycles. The van der Waals surface area contributed by atoms with Gasteiger partial charge in [0.1, 0.15) is 11.0 Å². The lowest BCUT2D eigenvalue weighted by molar-refractivity contribution is -0.136. The van der Waals surface area contributed by atoms with Crippen molar-refractivity contribution >= 4 is 40.1 Å². The lowest BCUT2D eigenvalue weighted by atomic mass is 10.1. The van der Waals surface area contributed by atoms with Crippen molar-refractivity contribution in [3.05, 3.63) is 64.7 Å². The average Bonchev–Trinajstić information content (AvgIpc) is 2.77. The molecule has 3 rings (SSSR count). The molecule has 1 fully saturated rings. The van der Waals surface area contributed by atoms with Crippen LogP contribution in [0, 0.1) is 0 Å². The van der Waals surface area contributed by atoms with Gasteiger partial charge in [0.15, 0.2) is 0 Å². The van der Waals surface area contributed by atoms with Crippen LogP contribution in [0.15, 0.2) is 48.5 Å². The molecule has 0 radical (unpaired) electrons. The Bertz CT molecular complexity index is 954. The molecular formula is C22H26ClN3O4S. The van der Waals surface area contributed by atoms with Gasteiger partial charge in [-0.25, -0.2) is 4.21 Å². The van der Waals surface area contributed by atoms with Crippen molar-refractivity contribution in [3.8, 4) is 0 Å². The van der Waals surface area contributed by atoms with Gasteiger partial charge in [-0.1, -0.05) is 29.8 Å². The van der Waals surface area contributed by atoms with Crippen molar-refractivity contribution in [1.29, 1.82) is 0 Å². The highest BCUT2D eigenvalue weighted by Crippen LogP contribution is 2.23. The van der Waals surface area contributed by atoms with E-state index in [1.807, 2.05) is 18.2 Å². The number of hydrogen-bond acceptors (Lipinski definition) is 4. The smallest absolute Gasteiger partial charge is 0.251 e. The summed E-state index contributed by atoms with van der Waals surface area (Å²) < 4.78 is 19.6. The monoisotopic (exact) mass is 463 g/mol. The van der Waals surface area contributed by atoms with Gasteiger partial charge in [0.05, 0.1) is 19.3 Å². The summed E-state index contributed by atoms with van der Waals surface area (Å²) in [7, 11) is -1.27. The van der Waals surface area contributed by atoms with Gasteiger partial charge in [-0.3, -0.25) is 13.9 Å². The first-order valence-electron chi connectivity index (χ1n) is 9.95. The molecule has 1 aliphatic rings. The molecule has 0 saturated carbocycles. The molecule has 0 bridgehead atoms. The molecular weight excluding hydrogens is 438 g/mol. The number of carbonyl (C=O) groups is 2. The summed E-state index contributed by atoms with van der Waals surface area (Å²) in [4.78, 5) is 25.8. The highest BCUT2D eigenvalue weighted by Gasteiger charge is 2.22. The van der Waals surface area contributed by atoms with E-state index < -0.39 is 11.0 Å². The second-order valence-corrected chi connectivity index (χ2v) is 8.96. The third-order valence-electron chi connectivity index (χ3n) is 5.07. The van der Waals surface area contributed by atoms with Crippen LogP contribution in [-0.4, -0.2) is 59.5 Å². The Balaban J connectivity index is 1.61. The van der Waals surface area contributed by atoms with Crippen molar-refractivity contribution in [3.63, 3.8) is 0 Å². The first-order chi connectivity index (χ1) is 14.8. The number of carbonyl (C=O) groups excluding carboxylic acids is 2. The molecule has 2 aromatic carbocycles. The molecule has 1 saturated heterocycles. The molecule has 2 amide bonds. The zero-order chi connectivity index (χ0) is 22.4. The quantitative estimate of drug-likeness (QED) is 0.684. The van der Waals surface area contributed by atoms with Crippen LogP contribution in [0.2, 0.25) is 5.02 Å². The predicted octanol–water partition coefficient (Wildman–Crippen LogP) is 2.62. The first-order valence-corrected chi connectivity index (χ1v) is 11.8. The number of halogens is 1. The molecule has 166 valence electrons. The van der Waals surface area contributed by atoms with E-state index in [0.29, 0.717) is 43.4 Å². The van der Waals surface area contributed by atoms with E-state index in [9.17, 15) is 13.8 Å². The molecule has 2 aromatic rings. The van der Waals surface area contributed by atoms with Gasteiger partial charge in [-0.15, -0.1) is 0 Å². The summed E-state index contributed by atoms with van der Waals surface area (Å²) in [5, 5.41) is 3.47. The van der Waals surface area contributed by atoms with E-state index >= 15 is 0 Å². The summed E-state index contributed by atoms with van der Waals surface area (Å²) in [6.45, 7) is 3.74. The molecule has 9 heteroatoms. The van der Waals surface area contributed by atoms with Crippen molar-refractivity contribution in [1.82, 2.24) is 10.2 Å². The van der Waals surface area contributed by atoms with Crippen LogP contribution < -0.4 is 9.62 Å². The van der Waals surface area contributed by atoms with E-state index in [1.165, 1.54) is 6.92 Å². The maximum absolute atomic E-state index is 12.5. The Kier molecular flexibility index (Phi) is 8.06. The zero-order valence-electron chi connectivity index (χ0n) is 17.5. The number of anilines is 1. The summed E-state index contributed by atoms with van der Waals surface area (Å²) >= 11 is 6.24. The number of nitrogens with one attached hydrogen (secondary N) is 1. The molecule has 1 N–H and O–H groups in total. The minimum Gasteiger partial charge on any atom is -0.373 e. The van der Waals surface area contributed by atoms with Crippen LogP contribution in [0.3, 0.4) is 0 Å². The summed E-state index contributed by atoms with van der Waals surface area (Å²) in [5.41, 5.74) is 2.08. The van der Waals surface area contributed by atoms with Crippen molar-refractivity contribution in [2.75, 3.05) is 36.8 Å². The van der Waals surface area contributed by atoms with Gasteiger partial charge in [-0.2, -0.15) is 0 Å². The van der Waals surface area contributed by atoms with Crippen molar-refractivity contribution in [2.24, 2.45) is 0 Å². The summed E-state index contributed by atoms with van der Waals surface area (Å²) in [5.74, 6) is -0.227. The minimum absolute atomic E-state index is 0.00451. The van der Waals surface area contributed by atoms with Crippen molar-refractivity contribution < 1.29 is 18.5 Å². The predicted molar refractivity (Wildman–Crippen MR) is 122 cm³/mol. The van der Waals surface area contributed by atoms with Gasteiger partial charge in [0, 0.05) is 49.1 Å². The van der Waals surface area contributed by atoms with Crippen LogP contribution in [0.4, 0.5) is 5.69 Å². The topological polar surface area (TPSA) is 79.0 Å². The highest BCUT2D eigenvalue weighted by atomic mass is 35.5. The van der Waals surface area contributed by atoms with E-state index in [4.69, 9.17) is 16.3 Å². The molecule has 0 spiro atoms. The van der Waals surface area contributed by atoms with E-state index in [1.54, 1.807) is 45.8 Å². The lowest BCUT2D eigenvalue weighted by Gasteiger charge is -2.32. The van der Waals surface area contributed by atoms with E-state index in [-0.39, 0.29) is 17.9 Å². The fraction of sp³-hybridized carbons (Fsp3) is 0.364. The second kappa shape index (κ2) is 10.7. The zero-order valence-corrected chi connectivity index (χ0v) is 19.1. The fourth-order valence-electron chi connectivity index (χ4n) is 3.33. The number of hydrogen-bond donors (Lipinski definition) is 1. The highest BCUT2D eigenvalue weighted by molar-refractivity contribution is 7.85. The molecule has 1 aliphatic heterocycles. The van der Waals surface area contributed by atoms with Crippen LogP contribution >= 0.6 is 11.6 Å². The Morgan fingerprint density at radius 1 is 1.23 bits per heavy atom. The van der Waals surface area contributed by atoms with Crippen LogP contribution in [0.25, 0.3) is 0 Å².